The van der Waals surface area contributed by atoms with Gasteiger partial charge in [0, 0.05) is 13.0 Å². The number of anilines is 4. The number of piperidine rings is 1. The third-order valence-corrected chi connectivity index (χ3v) is 9.03. The van der Waals surface area contributed by atoms with Crippen LogP contribution in [0.2, 0.25) is 5.02 Å². The molecule has 1 atom stereocenters. The van der Waals surface area contributed by atoms with Gasteiger partial charge in [-0.3, -0.25) is 4.79 Å². The Labute approximate surface area is 234 Å². The van der Waals surface area contributed by atoms with Crippen LogP contribution in [0.5, 0.6) is 5.75 Å². The molecule has 3 aromatic rings. The van der Waals surface area contributed by atoms with Gasteiger partial charge in [0.25, 0.3) is 0 Å². The summed E-state index contributed by atoms with van der Waals surface area (Å²) in [5.41, 5.74) is 3.07. The van der Waals surface area contributed by atoms with E-state index in [0.717, 1.165) is 17.5 Å². The van der Waals surface area contributed by atoms with Gasteiger partial charge in [0.05, 0.1) is 33.8 Å². The van der Waals surface area contributed by atoms with Crippen molar-refractivity contribution >= 4 is 50.5 Å². The largest absolute Gasteiger partial charge is 0.489 e. The lowest BCUT2D eigenvalue weighted by Crippen LogP contribution is -2.32. The van der Waals surface area contributed by atoms with E-state index < -0.39 is 15.1 Å². The molecule has 1 aliphatic heterocycles. The van der Waals surface area contributed by atoms with E-state index in [1.807, 2.05) is 32.9 Å². The van der Waals surface area contributed by atoms with Gasteiger partial charge in [-0.05, 0) is 76.3 Å². The first-order chi connectivity index (χ1) is 18.5. The smallest absolute Gasteiger partial charge is 0.229 e. The van der Waals surface area contributed by atoms with Gasteiger partial charge in [-0.25, -0.2) is 13.4 Å². The second-order valence-electron chi connectivity index (χ2n) is 10.1. The minimum atomic E-state index is -3.54. The number of sulfone groups is 1. The van der Waals surface area contributed by atoms with Crippen LogP contribution in [-0.2, 0) is 14.6 Å². The zero-order chi connectivity index (χ0) is 28.3. The van der Waals surface area contributed by atoms with Crippen LogP contribution in [0.1, 0.15) is 57.6 Å². The first-order valence-corrected chi connectivity index (χ1v) is 14.9. The number of nitrogens with zero attached hydrogens (tertiary/aromatic N) is 2. The highest BCUT2D eigenvalue weighted by Crippen LogP contribution is 2.39. The number of hydrogen-bond acceptors (Lipinski definition) is 8. The lowest BCUT2D eigenvalue weighted by Gasteiger charge is -2.26. The van der Waals surface area contributed by atoms with Crippen molar-refractivity contribution in [1.82, 2.24) is 15.3 Å². The molecule has 4 rings (SSSR count). The molecule has 1 amide bonds. The molecule has 0 saturated carbocycles. The van der Waals surface area contributed by atoms with Crippen LogP contribution >= 0.6 is 11.6 Å². The van der Waals surface area contributed by atoms with Crippen molar-refractivity contribution in [3.05, 3.63) is 58.7 Å². The molecule has 2 heterocycles. The van der Waals surface area contributed by atoms with E-state index in [0.29, 0.717) is 30.1 Å². The van der Waals surface area contributed by atoms with Gasteiger partial charge in [-0.1, -0.05) is 29.8 Å². The average Bonchev–Trinajstić information content (AvgIpc) is 2.88. The molecule has 1 saturated heterocycles. The summed E-state index contributed by atoms with van der Waals surface area (Å²) in [6.45, 7) is 9.82. The number of amides is 1. The van der Waals surface area contributed by atoms with E-state index >= 15 is 0 Å². The Bertz CT molecular complexity index is 1480. The van der Waals surface area contributed by atoms with Crippen LogP contribution < -0.4 is 20.7 Å². The van der Waals surface area contributed by atoms with E-state index in [-0.39, 0.29) is 39.6 Å². The Morgan fingerprint density at radius 1 is 1.08 bits per heavy atom. The molecule has 0 bridgehead atoms. The third kappa shape index (κ3) is 6.45. The zero-order valence-electron chi connectivity index (χ0n) is 22.7. The summed E-state index contributed by atoms with van der Waals surface area (Å²) in [6.07, 6.45) is 2.67. The summed E-state index contributed by atoms with van der Waals surface area (Å²) >= 11 is 6.40. The maximum atomic E-state index is 12.9. The Kier molecular flexibility index (Phi) is 8.66. The minimum absolute atomic E-state index is 0.0524. The van der Waals surface area contributed by atoms with E-state index in [4.69, 9.17) is 16.3 Å². The standard InChI is InChI=1S/C28H34ClN5O4S/c1-16(2)38-26-18(5)20(19-12-13-30-25(35)14-19)10-11-23(26)33-28-31-15-21(29)27(34-28)32-22-8-6-7-9-24(22)39(36,37)17(3)4/h6-11,15-17,19H,12-14H2,1-5H3,(H,30,35)(H2,31,32,33,34). The van der Waals surface area contributed by atoms with Gasteiger partial charge in [-0.15, -0.1) is 0 Å². The molecule has 1 unspecified atom stereocenters. The van der Waals surface area contributed by atoms with Gasteiger partial charge >= 0.3 is 0 Å². The van der Waals surface area contributed by atoms with Crippen LogP contribution in [0.25, 0.3) is 0 Å². The highest BCUT2D eigenvalue weighted by Gasteiger charge is 2.26. The number of benzene rings is 2. The molecule has 1 aromatic heterocycles. The van der Waals surface area contributed by atoms with E-state index in [2.05, 4.69) is 25.9 Å². The predicted molar refractivity (Wildman–Crippen MR) is 154 cm³/mol. The van der Waals surface area contributed by atoms with Crippen LogP contribution in [0.4, 0.5) is 23.1 Å². The SMILES string of the molecule is Cc1c(C2CCNC(=O)C2)ccc(Nc2ncc(Cl)c(Nc3ccccc3S(=O)(=O)C(C)C)n2)c1OC(C)C. The maximum Gasteiger partial charge on any atom is 0.229 e. The number of hydrogen-bond donors (Lipinski definition) is 3. The van der Waals surface area contributed by atoms with Crippen molar-refractivity contribution in [2.45, 2.75) is 69.6 Å². The van der Waals surface area contributed by atoms with E-state index in [1.165, 1.54) is 6.20 Å². The highest BCUT2D eigenvalue weighted by molar-refractivity contribution is 7.92. The number of rotatable bonds is 9. The Morgan fingerprint density at radius 3 is 2.51 bits per heavy atom. The number of carbonyl (C=O) groups excluding carboxylic acids is 1. The molecular weight excluding hydrogens is 538 g/mol. The Hall–Kier alpha value is -3.37. The third-order valence-electron chi connectivity index (χ3n) is 6.55. The number of carbonyl (C=O) groups is 1. The lowest BCUT2D eigenvalue weighted by molar-refractivity contribution is -0.122. The highest BCUT2D eigenvalue weighted by atomic mass is 35.5. The molecule has 2 aromatic carbocycles. The molecular formula is C28H34ClN5O4S. The summed E-state index contributed by atoms with van der Waals surface area (Å²) in [5, 5.41) is 8.83. The second-order valence-corrected chi connectivity index (χ2v) is 13.0. The van der Waals surface area contributed by atoms with E-state index in [1.54, 1.807) is 38.1 Å². The molecule has 0 aliphatic carbocycles. The van der Waals surface area contributed by atoms with Crippen molar-refractivity contribution in [2.24, 2.45) is 0 Å². The molecule has 208 valence electrons. The zero-order valence-corrected chi connectivity index (χ0v) is 24.3. The van der Waals surface area contributed by atoms with Crippen molar-refractivity contribution < 1.29 is 17.9 Å². The van der Waals surface area contributed by atoms with Crippen LogP contribution in [0, 0.1) is 6.92 Å². The first kappa shape index (κ1) is 28.6. The number of nitrogens with one attached hydrogen (secondary N) is 3. The van der Waals surface area contributed by atoms with Gasteiger partial charge in [0.1, 0.15) is 10.8 Å². The summed E-state index contributed by atoms with van der Waals surface area (Å²) < 4.78 is 32.0. The second kappa shape index (κ2) is 11.8. The van der Waals surface area contributed by atoms with Crippen LogP contribution in [0.3, 0.4) is 0 Å². The maximum absolute atomic E-state index is 12.9. The van der Waals surface area contributed by atoms with Crippen molar-refractivity contribution in [3.8, 4) is 5.75 Å². The monoisotopic (exact) mass is 571 g/mol. The Morgan fingerprint density at radius 2 is 1.82 bits per heavy atom. The number of para-hydroxylation sites is 1. The minimum Gasteiger partial charge on any atom is -0.489 e. The quantitative estimate of drug-likeness (QED) is 0.291. The molecule has 1 fully saturated rings. The summed E-state index contributed by atoms with van der Waals surface area (Å²) in [6, 6.07) is 10.6. The molecule has 11 heteroatoms. The topological polar surface area (TPSA) is 122 Å². The Balaban J connectivity index is 1.67. The molecule has 39 heavy (non-hydrogen) atoms. The first-order valence-electron chi connectivity index (χ1n) is 12.9. The fraction of sp³-hybridized carbons (Fsp3) is 0.393. The fourth-order valence-corrected chi connectivity index (χ4v) is 5.86. The molecule has 3 N–H and O–H groups in total. The number of halogens is 1. The van der Waals surface area contributed by atoms with Gasteiger partial charge in [0.15, 0.2) is 15.7 Å². The summed E-state index contributed by atoms with van der Waals surface area (Å²) in [7, 11) is -3.54. The summed E-state index contributed by atoms with van der Waals surface area (Å²) in [5.74, 6) is 1.34. The molecule has 0 radical (unpaired) electrons. The average molecular weight is 572 g/mol. The number of aromatic nitrogens is 2. The molecule has 9 nitrogen and oxygen atoms in total. The van der Waals surface area contributed by atoms with Crippen molar-refractivity contribution in [3.63, 3.8) is 0 Å². The van der Waals surface area contributed by atoms with Gasteiger partial charge in [0.2, 0.25) is 11.9 Å². The number of ether oxygens (including phenoxy) is 1. The molecule has 0 spiro atoms. The fourth-order valence-electron chi connectivity index (χ4n) is 4.52. The van der Waals surface area contributed by atoms with Crippen molar-refractivity contribution in [2.75, 3.05) is 17.2 Å². The van der Waals surface area contributed by atoms with Crippen molar-refractivity contribution in [1.29, 1.82) is 0 Å². The van der Waals surface area contributed by atoms with E-state index in [9.17, 15) is 13.2 Å². The normalized spacial score (nSPS) is 15.8. The van der Waals surface area contributed by atoms with Crippen LogP contribution in [0.15, 0.2) is 47.5 Å². The molecule has 1 aliphatic rings. The van der Waals surface area contributed by atoms with Gasteiger partial charge in [-0.2, -0.15) is 4.98 Å². The van der Waals surface area contributed by atoms with Gasteiger partial charge < -0.3 is 20.7 Å². The van der Waals surface area contributed by atoms with Crippen LogP contribution in [-0.4, -0.2) is 42.2 Å². The lowest BCUT2D eigenvalue weighted by atomic mass is 9.86. The predicted octanol–water partition coefficient (Wildman–Crippen LogP) is 5.89. The summed E-state index contributed by atoms with van der Waals surface area (Å²) in [4.78, 5) is 21.0.